The molecule has 1 aromatic heterocycles. The number of anilines is 1. The van der Waals surface area contributed by atoms with Crippen LogP contribution in [-0.4, -0.2) is 42.1 Å². The van der Waals surface area contributed by atoms with Crippen LogP contribution in [0, 0.1) is 6.92 Å². The van der Waals surface area contributed by atoms with Crippen molar-refractivity contribution in [2.24, 2.45) is 0 Å². The third-order valence-corrected chi connectivity index (χ3v) is 5.56. The molecule has 0 spiro atoms. The van der Waals surface area contributed by atoms with Crippen LogP contribution in [0.1, 0.15) is 28.4 Å². The first-order valence-electron chi connectivity index (χ1n) is 10.3. The third-order valence-electron chi connectivity index (χ3n) is 5.56. The number of rotatable bonds is 7. The number of carbonyl (C=O) groups excluding carboxylic acids is 1. The van der Waals surface area contributed by atoms with Gasteiger partial charge in [-0.15, -0.1) is 0 Å². The quantitative estimate of drug-likeness (QED) is 0.650. The largest absolute Gasteiger partial charge is 0.379 e. The highest BCUT2D eigenvalue weighted by molar-refractivity contribution is 5.91. The van der Waals surface area contributed by atoms with Crippen molar-refractivity contribution in [1.29, 1.82) is 0 Å². The van der Waals surface area contributed by atoms with Gasteiger partial charge in [-0.2, -0.15) is 0 Å². The molecule has 30 heavy (non-hydrogen) atoms. The third kappa shape index (κ3) is 4.58. The maximum absolute atomic E-state index is 12.5. The van der Waals surface area contributed by atoms with E-state index < -0.39 is 0 Å². The number of pyridine rings is 1. The Bertz CT molecular complexity index is 986. The van der Waals surface area contributed by atoms with E-state index in [1.165, 1.54) is 5.56 Å². The van der Waals surface area contributed by atoms with Crippen LogP contribution in [-0.2, 0) is 16.0 Å². The molecule has 4 rings (SSSR count). The van der Waals surface area contributed by atoms with E-state index >= 15 is 0 Å². The first-order chi connectivity index (χ1) is 14.6. The molecule has 1 aliphatic heterocycles. The number of methoxy groups -OCH3 is 1. The molecule has 5 nitrogen and oxygen atoms in total. The number of carbonyl (C=O) groups is 1. The monoisotopic (exact) mass is 401 g/mol. The molecule has 3 aromatic rings. The summed E-state index contributed by atoms with van der Waals surface area (Å²) < 4.78 is 5.48. The maximum atomic E-state index is 12.5. The lowest BCUT2D eigenvalue weighted by molar-refractivity contribution is -0.115. The Morgan fingerprint density at radius 2 is 1.73 bits per heavy atom. The van der Waals surface area contributed by atoms with E-state index in [-0.39, 0.29) is 18.1 Å². The summed E-state index contributed by atoms with van der Waals surface area (Å²) in [6, 6.07) is 24.1. The van der Waals surface area contributed by atoms with Crippen LogP contribution in [0.4, 0.5) is 5.82 Å². The van der Waals surface area contributed by atoms with Gasteiger partial charge in [0, 0.05) is 20.2 Å². The predicted octanol–water partition coefficient (Wildman–Crippen LogP) is 3.99. The lowest BCUT2D eigenvalue weighted by Gasteiger charge is -2.43. The van der Waals surface area contributed by atoms with Crippen LogP contribution in [0.15, 0.2) is 72.8 Å². The Morgan fingerprint density at radius 3 is 2.40 bits per heavy atom. The van der Waals surface area contributed by atoms with Gasteiger partial charge in [0.2, 0.25) is 5.91 Å². The summed E-state index contributed by atoms with van der Waals surface area (Å²) in [7, 11) is 1.76. The fraction of sp³-hybridized carbons (Fsp3) is 0.280. The van der Waals surface area contributed by atoms with Gasteiger partial charge < -0.3 is 10.1 Å². The van der Waals surface area contributed by atoms with E-state index in [1.807, 2.05) is 48.5 Å². The number of nitrogens with zero attached hydrogens (tertiary/aromatic N) is 2. The van der Waals surface area contributed by atoms with Crippen molar-refractivity contribution >= 4 is 11.7 Å². The second kappa shape index (κ2) is 9.20. The normalized spacial score (nSPS) is 15.4. The van der Waals surface area contributed by atoms with Gasteiger partial charge in [-0.3, -0.25) is 9.69 Å². The molecule has 1 N–H and O–H groups in total. The number of ether oxygens (including phenoxy) is 1. The Kier molecular flexibility index (Phi) is 6.21. The number of hydrogen-bond donors (Lipinski definition) is 1. The predicted molar refractivity (Wildman–Crippen MR) is 118 cm³/mol. The second-order valence-electron chi connectivity index (χ2n) is 7.73. The highest BCUT2D eigenvalue weighted by Crippen LogP contribution is 2.34. The van der Waals surface area contributed by atoms with Gasteiger partial charge in [-0.05, 0) is 29.7 Å². The Balaban J connectivity index is 1.58. The van der Waals surface area contributed by atoms with Gasteiger partial charge in [-0.1, -0.05) is 66.7 Å². The first kappa shape index (κ1) is 20.3. The van der Waals surface area contributed by atoms with Gasteiger partial charge in [0.15, 0.2) is 0 Å². The molecule has 1 saturated heterocycles. The highest BCUT2D eigenvalue weighted by Gasteiger charge is 2.35. The van der Waals surface area contributed by atoms with E-state index in [2.05, 4.69) is 41.4 Å². The van der Waals surface area contributed by atoms with Crippen molar-refractivity contribution in [2.75, 3.05) is 25.5 Å². The molecule has 0 radical (unpaired) electrons. The smallest absolute Gasteiger partial charge is 0.229 e. The van der Waals surface area contributed by atoms with Crippen molar-refractivity contribution < 1.29 is 9.53 Å². The van der Waals surface area contributed by atoms with Gasteiger partial charge in [0.25, 0.3) is 0 Å². The standard InChI is InChI=1S/C25H27N3O2/c1-18-13-14-22(26-23(29)15-19-9-5-3-6-10-19)27-24(18)25(20-11-7-4-8-12-20)28-16-21(17-28)30-2/h3-14,21,25H,15-17H2,1-2H3,(H,26,27,29). The van der Waals surface area contributed by atoms with Gasteiger partial charge >= 0.3 is 0 Å². The molecule has 1 amide bonds. The summed E-state index contributed by atoms with van der Waals surface area (Å²) >= 11 is 0. The number of aryl methyl sites for hydroxylation is 1. The second-order valence-corrected chi connectivity index (χ2v) is 7.73. The van der Waals surface area contributed by atoms with E-state index in [4.69, 9.17) is 9.72 Å². The summed E-state index contributed by atoms with van der Waals surface area (Å²) in [5.74, 6) is 0.518. The summed E-state index contributed by atoms with van der Waals surface area (Å²) in [6.45, 7) is 3.80. The fourth-order valence-corrected chi connectivity index (χ4v) is 3.87. The number of nitrogens with one attached hydrogen (secondary N) is 1. The van der Waals surface area contributed by atoms with Crippen LogP contribution < -0.4 is 5.32 Å². The lowest BCUT2D eigenvalue weighted by Crippen LogP contribution is -2.53. The first-order valence-corrected chi connectivity index (χ1v) is 10.3. The minimum atomic E-state index is -0.0665. The molecule has 1 fully saturated rings. The molecule has 1 atom stereocenters. The van der Waals surface area contributed by atoms with E-state index in [1.54, 1.807) is 7.11 Å². The van der Waals surface area contributed by atoms with Crippen LogP contribution in [0.2, 0.25) is 0 Å². The van der Waals surface area contributed by atoms with Gasteiger partial charge in [0.1, 0.15) is 5.82 Å². The van der Waals surface area contributed by atoms with Crippen molar-refractivity contribution in [3.63, 3.8) is 0 Å². The molecule has 0 saturated carbocycles. The molecule has 5 heteroatoms. The van der Waals surface area contributed by atoms with Gasteiger partial charge in [0.05, 0.1) is 24.3 Å². The van der Waals surface area contributed by atoms with E-state index in [9.17, 15) is 4.79 Å². The minimum Gasteiger partial charge on any atom is -0.379 e. The molecule has 1 unspecified atom stereocenters. The van der Waals surface area contributed by atoms with Crippen LogP contribution in [0.25, 0.3) is 0 Å². The van der Waals surface area contributed by atoms with Crippen molar-refractivity contribution in [3.05, 3.63) is 95.2 Å². The summed E-state index contributed by atoms with van der Waals surface area (Å²) in [6.07, 6.45) is 0.584. The topological polar surface area (TPSA) is 54.5 Å². The molecule has 0 bridgehead atoms. The van der Waals surface area contributed by atoms with E-state index in [0.717, 1.165) is 29.9 Å². The molecule has 154 valence electrons. The SMILES string of the molecule is COC1CN(C(c2ccccc2)c2nc(NC(=O)Cc3ccccc3)ccc2C)C1. The van der Waals surface area contributed by atoms with Crippen molar-refractivity contribution in [2.45, 2.75) is 25.5 Å². The molecule has 0 aliphatic carbocycles. The summed E-state index contributed by atoms with van der Waals surface area (Å²) in [4.78, 5) is 19.8. The lowest BCUT2D eigenvalue weighted by atomic mass is 9.94. The molecule has 1 aliphatic rings. The molecule has 2 aromatic carbocycles. The van der Waals surface area contributed by atoms with Crippen LogP contribution in [0.5, 0.6) is 0 Å². The zero-order chi connectivity index (χ0) is 20.9. The summed E-state index contributed by atoms with van der Waals surface area (Å²) in [5, 5.41) is 2.97. The molecule has 2 heterocycles. The zero-order valence-electron chi connectivity index (χ0n) is 17.4. The average Bonchev–Trinajstić information content (AvgIpc) is 2.73. The Morgan fingerprint density at radius 1 is 1.07 bits per heavy atom. The number of amides is 1. The van der Waals surface area contributed by atoms with Crippen molar-refractivity contribution in [1.82, 2.24) is 9.88 Å². The van der Waals surface area contributed by atoms with Crippen LogP contribution >= 0.6 is 0 Å². The Hall–Kier alpha value is -3.02. The number of aromatic nitrogens is 1. The highest BCUT2D eigenvalue weighted by atomic mass is 16.5. The number of benzene rings is 2. The fourth-order valence-electron chi connectivity index (χ4n) is 3.87. The number of likely N-dealkylation sites (tertiary alicyclic amines) is 1. The zero-order valence-corrected chi connectivity index (χ0v) is 17.4. The molecular formula is C25H27N3O2. The molecular weight excluding hydrogens is 374 g/mol. The number of hydrogen-bond acceptors (Lipinski definition) is 4. The average molecular weight is 402 g/mol. The van der Waals surface area contributed by atoms with Crippen LogP contribution in [0.3, 0.4) is 0 Å². The van der Waals surface area contributed by atoms with Gasteiger partial charge in [-0.25, -0.2) is 4.98 Å². The maximum Gasteiger partial charge on any atom is 0.229 e. The summed E-state index contributed by atoms with van der Waals surface area (Å²) in [5.41, 5.74) is 4.24. The minimum absolute atomic E-state index is 0.0311. The Labute approximate surface area is 177 Å². The van der Waals surface area contributed by atoms with E-state index in [0.29, 0.717) is 12.2 Å². The van der Waals surface area contributed by atoms with Crippen molar-refractivity contribution in [3.8, 4) is 0 Å².